The lowest BCUT2D eigenvalue weighted by molar-refractivity contribution is 0.418. The van der Waals surface area contributed by atoms with E-state index in [1.807, 2.05) is 0 Å². The molecule has 1 aromatic heterocycles. The minimum atomic E-state index is -0.391. The second-order valence-corrected chi connectivity index (χ2v) is 2.79. The first-order chi connectivity index (χ1) is 6.27. The monoisotopic (exact) mass is 198 g/mol. The van der Waals surface area contributed by atoms with E-state index in [0.29, 0.717) is 11.4 Å². The molecule has 0 bridgehead atoms. The average molecular weight is 199 g/mol. The number of halogens is 2. The van der Waals surface area contributed by atoms with Gasteiger partial charge in [-0.05, 0) is 18.2 Å². The second kappa shape index (κ2) is 3.14. The zero-order valence-corrected chi connectivity index (χ0v) is 7.12. The lowest BCUT2D eigenvalue weighted by atomic mass is 10.2. The Hall–Kier alpha value is -1.42. The first-order valence-electron chi connectivity index (χ1n) is 3.49. The van der Waals surface area contributed by atoms with Crippen LogP contribution in [0, 0.1) is 5.82 Å². The van der Waals surface area contributed by atoms with E-state index >= 15 is 0 Å². The van der Waals surface area contributed by atoms with Gasteiger partial charge in [0.05, 0.1) is 5.02 Å². The van der Waals surface area contributed by atoms with E-state index in [0.717, 1.165) is 0 Å². The Morgan fingerprint density at radius 1 is 1.38 bits per heavy atom. The van der Waals surface area contributed by atoms with Gasteiger partial charge in [0.2, 0.25) is 12.2 Å². The minimum absolute atomic E-state index is 0.265. The molecule has 0 aliphatic rings. The number of hydrogen-bond acceptors (Lipinski definition) is 3. The van der Waals surface area contributed by atoms with Gasteiger partial charge in [-0.25, -0.2) is 4.39 Å². The fourth-order valence-corrected chi connectivity index (χ4v) is 1.21. The molecule has 13 heavy (non-hydrogen) atoms. The van der Waals surface area contributed by atoms with Crippen LogP contribution in [0.2, 0.25) is 5.02 Å². The molecule has 0 saturated heterocycles. The van der Waals surface area contributed by atoms with E-state index < -0.39 is 5.82 Å². The number of nitrogens with zero attached hydrogens (tertiary/aromatic N) is 2. The van der Waals surface area contributed by atoms with Crippen molar-refractivity contribution in [2.75, 3.05) is 0 Å². The Balaban J connectivity index is 2.53. The summed E-state index contributed by atoms with van der Waals surface area (Å²) in [6.07, 6.45) is 1.19. The largest absolute Gasteiger partial charge is 0.342 e. The summed E-state index contributed by atoms with van der Waals surface area (Å²) in [4.78, 5) is 3.79. The van der Waals surface area contributed by atoms with Gasteiger partial charge in [-0.1, -0.05) is 16.8 Å². The molecule has 1 aromatic carbocycles. The molecule has 2 rings (SSSR count). The zero-order valence-electron chi connectivity index (χ0n) is 6.37. The van der Waals surface area contributed by atoms with Crippen LogP contribution >= 0.6 is 11.6 Å². The van der Waals surface area contributed by atoms with Crippen molar-refractivity contribution >= 4 is 11.6 Å². The average Bonchev–Trinajstić information content (AvgIpc) is 2.56. The maximum absolute atomic E-state index is 12.6. The van der Waals surface area contributed by atoms with Gasteiger partial charge in [0.1, 0.15) is 5.82 Å². The summed E-state index contributed by atoms with van der Waals surface area (Å²) in [6, 6.07) is 3.99. The first-order valence-corrected chi connectivity index (χ1v) is 3.87. The number of benzene rings is 1. The van der Waals surface area contributed by atoms with Gasteiger partial charge in [0.25, 0.3) is 0 Å². The highest BCUT2D eigenvalue weighted by atomic mass is 35.5. The molecule has 0 saturated carbocycles. The molecule has 2 aromatic rings. The maximum Gasteiger partial charge on any atom is 0.214 e. The Labute approximate surface area is 78.1 Å². The third kappa shape index (κ3) is 1.53. The van der Waals surface area contributed by atoms with Gasteiger partial charge in [-0.2, -0.15) is 4.98 Å². The molecule has 3 nitrogen and oxygen atoms in total. The van der Waals surface area contributed by atoms with Crippen molar-refractivity contribution in [3.8, 4) is 11.4 Å². The van der Waals surface area contributed by atoms with Crippen LogP contribution in [0.1, 0.15) is 0 Å². The van der Waals surface area contributed by atoms with E-state index in [-0.39, 0.29) is 5.02 Å². The van der Waals surface area contributed by atoms with Crippen LogP contribution in [0.15, 0.2) is 29.1 Å². The molecule has 0 amide bonds. The molecule has 0 atom stereocenters. The van der Waals surface area contributed by atoms with Crippen LogP contribution in [0.5, 0.6) is 0 Å². The van der Waals surface area contributed by atoms with Crippen molar-refractivity contribution < 1.29 is 8.91 Å². The summed E-state index contributed by atoms with van der Waals surface area (Å²) in [6.45, 7) is 0. The number of aromatic nitrogens is 2. The van der Waals surface area contributed by atoms with Crippen LogP contribution in [0.3, 0.4) is 0 Å². The van der Waals surface area contributed by atoms with Crippen molar-refractivity contribution in [3.05, 3.63) is 35.4 Å². The first kappa shape index (κ1) is 8.19. The van der Waals surface area contributed by atoms with E-state index in [4.69, 9.17) is 11.6 Å². The molecule has 0 N–H and O–H groups in total. The summed E-state index contributed by atoms with van der Waals surface area (Å²) in [5, 5.41) is 3.85. The Morgan fingerprint density at radius 2 is 2.23 bits per heavy atom. The molecule has 0 radical (unpaired) electrons. The molecular formula is C8H4ClFN2O. The van der Waals surface area contributed by atoms with Crippen molar-refractivity contribution in [2.24, 2.45) is 0 Å². The van der Waals surface area contributed by atoms with Crippen LogP contribution in [0.25, 0.3) is 11.4 Å². The highest BCUT2D eigenvalue weighted by molar-refractivity contribution is 6.33. The smallest absolute Gasteiger partial charge is 0.214 e. The molecule has 0 aliphatic carbocycles. The van der Waals surface area contributed by atoms with Crippen molar-refractivity contribution in [1.29, 1.82) is 0 Å². The molecule has 5 heteroatoms. The topological polar surface area (TPSA) is 38.9 Å². The maximum atomic E-state index is 12.6. The normalized spacial score (nSPS) is 10.3. The summed E-state index contributed by atoms with van der Waals surface area (Å²) in [5.74, 6) is -0.0396. The van der Waals surface area contributed by atoms with Crippen LogP contribution in [0.4, 0.5) is 4.39 Å². The third-order valence-corrected chi connectivity index (χ3v) is 1.85. The van der Waals surface area contributed by atoms with Gasteiger partial charge in [0, 0.05) is 5.56 Å². The lowest BCUT2D eigenvalue weighted by Gasteiger charge is -1.97. The lowest BCUT2D eigenvalue weighted by Crippen LogP contribution is -1.83. The third-order valence-electron chi connectivity index (χ3n) is 1.53. The fourth-order valence-electron chi connectivity index (χ4n) is 0.960. The minimum Gasteiger partial charge on any atom is -0.342 e. The summed E-state index contributed by atoms with van der Waals surface area (Å²) in [7, 11) is 0. The molecule has 0 aliphatic heterocycles. The van der Waals surface area contributed by atoms with Gasteiger partial charge < -0.3 is 4.52 Å². The predicted molar refractivity (Wildman–Crippen MR) is 44.7 cm³/mol. The van der Waals surface area contributed by atoms with Gasteiger partial charge in [-0.3, -0.25) is 0 Å². The zero-order chi connectivity index (χ0) is 9.26. The molecule has 0 unspecified atom stereocenters. The number of rotatable bonds is 1. The second-order valence-electron chi connectivity index (χ2n) is 2.38. The molecule has 0 fully saturated rings. The summed E-state index contributed by atoms with van der Waals surface area (Å²) in [5.41, 5.74) is 0.553. The standard InChI is InChI=1S/C8H4ClFN2O/c9-7-3-5(10)1-2-6(7)8-11-4-13-12-8/h1-4H. The fraction of sp³-hybridized carbons (Fsp3) is 0. The van der Waals surface area contributed by atoms with E-state index in [2.05, 4.69) is 14.7 Å². The van der Waals surface area contributed by atoms with E-state index in [1.54, 1.807) is 0 Å². The van der Waals surface area contributed by atoms with Crippen molar-refractivity contribution in [2.45, 2.75) is 0 Å². The Kier molecular flexibility index (Phi) is 1.98. The van der Waals surface area contributed by atoms with E-state index in [1.165, 1.54) is 24.6 Å². The summed E-state index contributed by atoms with van der Waals surface area (Å²) >= 11 is 5.76. The van der Waals surface area contributed by atoms with Crippen LogP contribution in [-0.4, -0.2) is 10.1 Å². The van der Waals surface area contributed by atoms with Crippen LogP contribution in [-0.2, 0) is 0 Å². The Bertz CT molecular complexity index is 416. The molecular weight excluding hydrogens is 195 g/mol. The molecule has 66 valence electrons. The van der Waals surface area contributed by atoms with Crippen molar-refractivity contribution in [3.63, 3.8) is 0 Å². The highest BCUT2D eigenvalue weighted by Gasteiger charge is 2.08. The SMILES string of the molecule is Fc1ccc(-c2ncon2)c(Cl)c1. The number of hydrogen-bond donors (Lipinski definition) is 0. The quantitative estimate of drug-likeness (QED) is 0.707. The Morgan fingerprint density at radius 3 is 2.85 bits per heavy atom. The molecule has 0 spiro atoms. The highest BCUT2D eigenvalue weighted by Crippen LogP contribution is 2.25. The van der Waals surface area contributed by atoms with Crippen molar-refractivity contribution in [1.82, 2.24) is 10.1 Å². The van der Waals surface area contributed by atoms with Gasteiger partial charge in [0.15, 0.2) is 0 Å². The van der Waals surface area contributed by atoms with Gasteiger partial charge in [-0.15, -0.1) is 0 Å². The summed E-state index contributed by atoms with van der Waals surface area (Å²) < 4.78 is 17.2. The van der Waals surface area contributed by atoms with Gasteiger partial charge >= 0.3 is 0 Å². The predicted octanol–water partition coefficient (Wildman–Crippen LogP) is 2.53. The van der Waals surface area contributed by atoms with Crippen LogP contribution < -0.4 is 0 Å². The van der Waals surface area contributed by atoms with E-state index in [9.17, 15) is 4.39 Å². The molecule has 1 heterocycles.